The third kappa shape index (κ3) is 3.14. The molecule has 1 aromatic heterocycles. The average molecular weight is 389 g/mol. The van der Waals surface area contributed by atoms with Crippen molar-refractivity contribution >= 4 is 34.8 Å². The topological polar surface area (TPSA) is 40.6 Å². The average Bonchev–Trinajstić information content (AvgIpc) is 3.36. The summed E-state index contributed by atoms with van der Waals surface area (Å²) in [6.07, 6.45) is 1.75. The van der Waals surface area contributed by atoms with Crippen molar-refractivity contribution in [2.24, 2.45) is 0 Å². The van der Waals surface area contributed by atoms with Gasteiger partial charge < -0.3 is 9.80 Å². The molecule has 4 nitrogen and oxygen atoms in total. The van der Waals surface area contributed by atoms with E-state index in [9.17, 15) is 9.59 Å². The summed E-state index contributed by atoms with van der Waals surface area (Å²) in [7, 11) is 0. The molecule has 2 heterocycles. The number of aryl methyl sites for hydroxylation is 1. The van der Waals surface area contributed by atoms with Crippen LogP contribution in [0.4, 0.5) is 0 Å². The van der Waals surface area contributed by atoms with Gasteiger partial charge in [-0.05, 0) is 49.6 Å². The van der Waals surface area contributed by atoms with E-state index < -0.39 is 5.41 Å². The number of halogens is 1. The number of carbonyl (C=O) groups excluding carboxylic acids is 2. The Labute approximate surface area is 162 Å². The smallest absolute Gasteiger partial charge is 0.264 e. The molecule has 1 aliphatic heterocycles. The van der Waals surface area contributed by atoms with Crippen LogP contribution in [0.1, 0.15) is 33.0 Å². The molecule has 0 N–H and O–H groups in total. The fourth-order valence-electron chi connectivity index (χ4n) is 3.66. The number of piperazine rings is 1. The fraction of sp³-hybridized carbons (Fsp3) is 0.400. The first-order valence-corrected chi connectivity index (χ1v) is 10.1. The molecule has 6 heteroatoms. The third-order valence-corrected chi connectivity index (χ3v) is 6.57. The van der Waals surface area contributed by atoms with Crippen molar-refractivity contribution in [3.63, 3.8) is 0 Å². The van der Waals surface area contributed by atoms with Crippen molar-refractivity contribution < 1.29 is 9.59 Å². The van der Waals surface area contributed by atoms with Crippen molar-refractivity contribution in [2.75, 3.05) is 26.2 Å². The minimum absolute atomic E-state index is 0.0752. The summed E-state index contributed by atoms with van der Waals surface area (Å²) in [6.45, 7) is 4.37. The highest BCUT2D eigenvalue weighted by Crippen LogP contribution is 2.50. The zero-order valence-corrected chi connectivity index (χ0v) is 16.3. The summed E-state index contributed by atoms with van der Waals surface area (Å²) in [5.74, 6) is 0.255. The molecule has 26 heavy (non-hydrogen) atoms. The Bertz CT molecular complexity index is 851. The number of carbonyl (C=O) groups is 2. The third-order valence-electron chi connectivity index (χ3n) is 5.34. The minimum Gasteiger partial charge on any atom is -0.338 e. The first-order valence-electron chi connectivity index (χ1n) is 8.91. The maximum absolute atomic E-state index is 13.1. The molecular weight excluding hydrogens is 368 g/mol. The van der Waals surface area contributed by atoms with E-state index >= 15 is 0 Å². The minimum atomic E-state index is -0.401. The monoisotopic (exact) mass is 388 g/mol. The molecule has 1 saturated carbocycles. The molecule has 0 radical (unpaired) electrons. The molecular formula is C20H21ClN2O2S. The quantitative estimate of drug-likeness (QED) is 0.803. The zero-order chi connectivity index (χ0) is 18.3. The Morgan fingerprint density at radius 1 is 1.04 bits per heavy atom. The van der Waals surface area contributed by atoms with Crippen molar-refractivity contribution in [1.29, 1.82) is 0 Å². The van der Waals surface area contributed by atoms with Gasteiger partial charge in [0.15, 0.2) is 0 Å². The van der Waals surface area contributed by atoms with Crippen LogP contribution < -0.4 is 0 Å². The second-order valence-electron chi connectivity index (χ2n) is 7.09. The highest BCUT2D eigenvalue weighted by Gasteiger charge is 2.53. The van der Waals surface area contributed by atoms with Crippen LogP contribution in [0.5, 0.6) is 0 Å². The standard InChI is InChI=1S/C20H21ClN2O2S/c1-14-5-6-17(26-14)18(24)22-9-11-23(12-10-22)19(25)20(7-8-20)15-3-2-4-16(21)13-15/h2-6,13H,7-12H2,1H3. The van der Waals surface area contributed by atoms with Crippen molar-refractivity contribution in [1.82, 2.24) is 9.80 Å². The SMILES string of the molecule is Cc1ccc(C(=O)N2CCN(C(=O)C3(c4cccc(Cl)c4)CC3)CC2)s1. The normalized spacial score (nSPS) is 18.7. The first-order chi connectivity index (χ1) is 12.5. The Kier molecular flexibility index (Phi) is 4.53. The molecule has 2 fully saturated rings. The maximum Gasteiger partial charge on any atom is 0.264 e. The lowest BCUT2D eigenvalue weighted by molar-refractivity contribution is -0.135. The second-order valence-corrected chi connectivity index (χ2v) is 8.81. The molecule has 136 valence electrons. The van der Waals surface area contributed by atoms with Crippen molar-refractivity contribution in [3.8, 4) is 0 Å². The highest BCUT2D eigenvalue weighted by atomic mass is 35.5. The Balaban J connectivity index is 1.42. The van der Waals surface area contributed by atoms with E-state index in [0.29, 0.717) is 31.2 Å². The van der Waals surface area contributed by atoms with Gasteiger partial charge in [-0.2, -0.15) is 0 Å². The lowest BCUT2D eigenvalue weighted by Crippen LogP contribution is -2.52. The summed E-state index contributed by atoms with van der Waals surface area (Å²) in [4.78, 5) is 31.4. The first kappa shape index (κ1) is 17.6. The summed E-state index contributed by atoms with van der Waals surface area (Å²) in [6, 6.07) is 11.5. The van der Waals surface area contributed by atoms with E-state index in [-0.39, 0.29) is 11.8 Å². The number of benzene rings is 1. The predicted molar refractivity (Wildman–Crippen MR) is 104 cm³/mol. The van der Waals surface area contributed by atoms with E-state index in [1.165, 1.54) is 11.3 Å². The molecule has 0 bridgehead atoms. The van der Waals surface area contributed by atoms with Crippen LogP contribution in [0.15, 0.2) is 36.4 Å². The highest BCUT2D eigenvalue weighted by molar-refractivity contribution is 7.13. The largest absolute Gasteiger partial charge is 0.338 e. The van der Waals surface area contributed by atoms with Gasteiger partial charge in [-0.3, -0.25) is 9.59 Å². The van der Waals surface area contributed by atoms with Crippen molar-refractivity contribution in [2.45, 2.75) is 25.2 Å². The molecule has 2 aromatic rings. The number of hydrogen-bond acceptors (Lipinski definition) is 3. The van der Waals surface area contributed by atoms with Gasteiger partial charge in [-0.15, -0.1) is 11.3 Å². The number of rotatable bonds is 3. The summed E-state index contributed by atoms with van der Waals surface area (Å²) in [5, 5.41) is 0.670. The predicted octanol–water partition coefficient (Wildman–Crippen LogP) is 3.73. The lowest BCUT2D eigenvalue weighted by atomic mass is 9.94. The van der Waals surface area contributed by atoms with Gasteiger partial charge >= 0.3 is 0 Å². The van der Waals surface area contributed by atoms with Crippen LogP contribution in [0.25, 0.3) is 0 Å². The van der Waals surface area contributed by atoms with Gasteiger partial charge in [0.25, 0.3) is 5.91 Å². The van der Waals surface area contributed by atoms with Crippen LogP contribution in [0.3, 0.4) is 0 Å². The Morgan fingerprint density at radius 3 is 2.31 bits per heavy atom. The van der Waals surface area contributed by atoms with Crippen molar-refractivity contribution in [3.05, 3.63) is 56.7 Å². The lowest BCUT2D eigenvalue weighted by Gasteiger charge is -2.36. The number of amides is 2. The van der Waals surface area contributed by atoms with Gasteiger partial charge in [-0.1, -0.05) is 23.7 Å². The Hall–Kier alpha value is -1.85. The molecule has 0 spiro atoms. The summed E-state index contributed by atoms with van der Waals surface area (Å²) in [5.41, 5.74) is 0.615. The number of nitrogens with zero attached hydrogens (tertiary/aromatic N) is 2. The summed E-state index contributed by atoms with van der Waals surface area (Å²) >= 11 is 7.64. The van der Waals surface area contributed by atoms with Gasteiger partial charge in [0.1, 0.15) is 0 Å². The number of hydrogen-bond donors (Lipinski definition) is 0. The second kappa shape index (κ2) is 6.71. The van der Waals surface area contributed by atoms with Crippen LogP contribution in [0.2, 0.25) is 5.02 Å². The Morgan fingerprint density at radius 2 is 1.73 bits per heavy atom. The fourth-order valence-corrected chi connectivity index (χ4v) is 4.68. The molecule has 1 aromatic carbocycles. The van der Waals surface area contributed by atoms with E-state index in [2.05, 4.69) is 0 Å². The van der Waals surface area contributed by atoms with E-state index in [1.807, 2.05) is 53.1 Å². The molecule has 0 atom stereocenters. The van der Waals surface area contributed by atoms with Crippen LogP contribution >= 0.6 is 22.9 Å². The van der Waals surface area contributed by atoms with Gasteiger partial charge in [0.2, 0.25) is 5.91 Å². The molecule has 1 saturated heterocycles. The van der Waals surface area contributed by atoms with Gasteiger partial charge in [0, 0.05) is 36.1 Å². The van der Waals surface area contributed by atoms with E-state index in [0.717, 1.165) is 28.2 Å². The molecule has 2 amide bonds. The van der Waals surface area contributed by atoms with Gasteiger partial charge in [0.05, 0.1) is 10.3 Å². The van der Waals surface area contributed by atoms with Crippen LogP contribution in [0, 0.1) is 6.92 Å². The summed E-state index contributed by atoms with van der Waals surface area (Å²) < 4.78 is 0. The number of thiophene rings is 1. The molecule has 0 unspecified atom stereocenters. The van der Waals surface area contributed by atoms with Crippen LogP contribution in [-0.2, 0) is 10.2 Å². The van der Waals surface area contributed by atoms with E-state index in [1.54, 1.807) is 0 Å². The molecule has 1 aliphatic carbocycles. The molecule has 4 rings (SSSR count). The zero-order valence-electron chi connectivity index (χ0n) is 14.7. The maximum atomic E-state index is 13.1. The van der Waals surface area contributed by atoms with Crippen LogP contribution in [-0.4, -0.2) is 47.8 Å². The van der Waals surface area contributed by atoms with E-state index in [4.69, 9.17) is 11.6 Å². The molecule has 2 aliphatic rings. The van der Waals surface area contributed by atoms with Gasteiger partial charge in [-0.25, -0.2) is 0 Å².